The van der Waals surface area contributed by atoms with Crippen LogP contribution < -0.4 is 19.5 Å². The first-order chi connectivity index (χ1) is 18.6. The fraction of sp³-hybridized carbons (Fsp3) is 0.107. The Kier molecular flexibility index (Phi) is 8.22. The van der Waals surface area contributed by atoms with Crippen LogP contribution in [0.2, 0.25) is 0 Å². The second kappa shape index (κ2) is 11.6. The molecule has 0 bridgehead atoms. The standard InChI is InChI=1S/C28H27N3O6S2/c1-3-37-24-14-10-23(11-15-24)30-38(33,34)26-16-12-22(13-17-26)29-28(32)21-9-18-27(20(2)19-21)31-39(35,36)25-7-5-4-6-8-25/h4-19,30-31H,3H2,1-2H3,(H,29,32). The van der Waals surface area contributed by atoms with Gasteiger partial charge >= 0.3 is 0 Å². The zero-order valence-corrected chi connectivity index (χ0v) is 22.8. The molecule has 0 atom stereocenters. The molecule has 0 saturated carbocycles. The summed E-state index contributed by atoms with van der Waals surface area (Å²) in [5, 5.41) is 2.72. The van der Waals surface area contributed by atoms with Crippen LogP contribution in [0.4, 0.5) is 17.1 Å². The van der Waals surface area contributed by atoms with Gasteiger partial charge in [0.15, 0.2) is 0 Å². The summed E-state index contributed by atoms with van der Waals surface area (Å²) in [6.45, 7) is 4.06. The van der Waals surface area contributed by atoms with Gasteiger partial charge < -0.3 is 10.1 Å². The van der Waals surface area contributed by atoms with Crippen LogP contribution in [0.25, 0.3) is 0 Å². The Morgan fingerprint density at radius 3 is 1.92 bits per heavy atom. The van der Waals surface area contributed by atoms with Crippen molar-refractivity contribution < 1.29 is 26.4 Å². The number of amides is 1. The third kappa shape index (κ3) is 6.95. The molecule has 9 nitrogen and oxygen atoms in total. The van der Waals surface area contributed by atoms with Gasteiger partial charge in [-0.05, 0) is 98.3 Å². The van der Waals surface area contributed by atoms with Gasteiger partial charge in [-0.3, -0.25) is 14.2 Å². The summed E-state index contributed by atoms with van der Waals surface area (Å²) < 4.78 is 61.1. The summed E-state index contributed by atoms with van der Waals surface area (Å²) in [5.74, 6) is 0.206. The minimum Gasteiger partial charge on any atom is -0.494 e. The average Bonchev–Trinajstić information content (AvgIpc) is 2.91. The summed E-state index contributed by atoms with van der Waals surface area (Å²) in [6.07, 6.45) is 0. The Balaban J connectivity index is 1.41. The van der Waals surface area contributed by atoms with E-state index in [2.05, 4.69) is 14.8 Å². The highest BCUT2D eigenvalue weighted by molar-refractivity contribution is 7.93. The number of hydrogen-bond acceptors (Lipinski definition) is 6. The number of rotatable bonds is 10. The van der Waals surface area contributed by atoms with Gasteiger partial charge in [0.1, 0.15) is 5.75 Å². The third-order valence-electron chi connectivity index (χ3n) is 5.63. The van der Waals surface area contributed by atoms with Crippen LogP contribution in [0.5, 0.6) is 5.75 Å². The molecule has 1 amide bonds. The highest BCUT2D eigenvalue weighted by atomic mass is 32.2. The molecular formula is C28H27N3O6S2. The summed E-state index contributed by atoms with van der Waals surface area (Å²) in [6, 6.07) is 24.9. The van der Waals surface area contributed by atoms with Crippen LogP contribution in [0, 0.1) is 6.92 Å². The van der Waals surface area contributed by atoms with Crippen molar-refractivity contribution in [2.75, 3.05) is 21.4 Å². The molecule has 4 aromatic rings. The topological polar surface area (TPSA) is 131 Å². The van der Waals surface area contributed by atoms with E-state index < -0.39 is 26.0 Å². The molecular weight excluding hydrogens is 538 g/mol. The molecule has 202 valence electrons. The fourth-order valence-corrected chi connectivity index (χ4v) is 5.85. The van der Waals surface area contributed by atoms with E-state index in [-0.39, 0.29) is 9.79 Å². The van der Waals surface area contributed by atoms with Gasteiger partial charge in [0.2, 0.25) is 0 Å². The molecule has 0 saturated heterocycles. The molecule has 4 aromatic carbocycles. The second-order valence-electron chi connectivity index (χ2n) is 8.49. The maximum Gasteiger partial charge on any atom is 0.261 e. The smallest absolute Gasteiger partial charge is 0.261 e. The molecule has 0 heterocycles. The van der Waals surface area contributed by atoms with Crippen molar-refractivity contribution in [1.29, 1.82) is 0 Å². The second-order valence-corrected chi connectivity index (χ2v) is 11.9. The SMILES string of the molecule is CCOc1ccc(NS(=O)(=O)c2ccc(NC(=O)c3ccc(NS(=O)(=O)c4ccccc4)c(C)c3)cc2)cc1. The average molecular weight is 566 g/mol. The minimum atomic E-state index is -3.84. The van der Waals surface area contributed by atoms with E-state index in [0.717, 1.165) is 0 Å². The van der Waals surface area contributed by atoms with Crippen LogP contribution in [0.15, 0.2) is 107 Å². The number of hydrogen-bond donors (Lipinski definition) is 3. The van der Waals surface area contributed by atoms with E-state index in [0.29, 0.717) is 40.5 Å². The molecule has 0 aliphatic heterocycles. The molecule has 0 aliphatic rings. The number of carbonyl (C=O) groups is 1. The van der Waals surface area contributed by atoms with Crippen molar-refractivity contribution in [3.05, 3.63) is 108 Å². The normalized spacial score (nSPS) is 11.4. The maximum atomic E-state index is 12.8. The van der Waals surface area contributed by atoms with Crippen LogP contribution in [0.1, 0.15) is 22.8 Å². The van der Waals surface area contributed by atoms with Gasteiger partial charge in [-0.1, -0.05) is 18.2 Å². The minimum absolute atomic E-state index is 0.0280. The molecule has 0 fully saturated rings. The van der Waals surface area contributed by atoms with Gasteiger partial charge in [-0.15, -0.1) is 0 Å². The van der Waals surface area contributed by atoms with Crippen LogP contribution in [0.3, 0.4) is 0 Å². The maximum absolute atomic E-state index is 12.8. The largest absolute Gasteiger partial charge is 0.494 e. The predicted molar refractivity (Wildman–Crippen MR) is 151 cm³/mol. The molecule has 0 unspecified atom stereocenters. The van der Waals surface area contributed by atoms with E-state index in [9.17, 15) is 21.6 Å². The number of aryl methyl sites for hydroxylation is 1. The summed E-state index contributed by atoms with van der Waals surface area (Å²) in [7, 11) is -7.61. The molecule has 4 rings (SSSR count). The Morgan fingerprint density at radius 1 is 0.718 bits per heavy atom. The zero-order valence-electron chi connectivity index (χ0n) is 21.2. The van der Waals surface area contributed by atoms with Gasteiger partial charge in [-0.2, -0.15) is 0 Å². The molecule has 39 heavy (non-hydrogen) atoms. The highest BCUT2D eigenvalue weighted by Crippen LogP contribution is 2.23. The lowest BCUT2D eigenvalue weighted by Gasteiger charge is -2.13. The van der Waals surface area contributed by atoms with Crippen LogP contribution in [-0.4, -0.2) is 29.3 Å². The van der Waals surface area contributed by atoms with Gasteiger partial charge in [0.25, 0.3) is 26.0 Å². The molecule has 0 spiro atoms. The quantitative estimate of drug-likeness (QED) is 0.241. The zero-order chi connectivity index (χ0) is 28.0. The van der Waals surface area contributed by atoms with Gasteiger partial charge in [0.05, 0.1) is 22.1 Å². The van der Waals surface area contributed by atoms with Crippen molar-refractivity contribution in [2.45, 2.75) is 23.6 Å². The van der Waals surface area contributed by atoms with E-state index in [4.69, 9.17) is 4.74 Å². The van der Waals surface area contributed by atoms with Crippen LogP contribution >= 0.6 is 0 Å². The fourth-order valence-electron chi connectivity index (χ4n) is 3.64. The van der Waals surface area contributed by atoms with Crippen molar-refractivity contribution in [3.8, 4) is 5.75 Å². The first-order valence-electron chi connectivity index (χ1n) is 11.9. The number of nitrogens with one attached hydrogen (secondary N) is 3. The lowest BCUT2D eigenvalue weighted by molar-refractivity contribution is 0.102. The number of ether oxygens (including phenoxy) is 1. The first kappa shape index (κ1) is 27.7. The number of carbonyl (C=O) groups excluding carboxylic acids is 1. The molecule has 11 heteroatoms. The monoisotopic (exact) mass is 565 g/mol. The van der Waals surface area contributed by atoms with Gasteiger partial charge in [0, 0.05) is 16.9 Å². The molecule has 0 radical (unpaired) electrons. The molecule has 0 aliphatic carbocycles. The Bertz CT molecular complexity index is 1670. The summed E-state index contributed by atoms with van der Waals surface area (Å²) in [5.41, 5.74) is 2.00. The molecule has 3 N–H and O–H groups in total. The Labute approximate surface area is 228 Å². The van der Waals surface area contributed by atoms with Gasteiger partial charge in [-0.25, -0.2) is 16.8 Å². The lowest BCUT2D eigenvalue weighted by atomic mass is 10.1. The Hall–Kier alpha value is -4.35. The molecule has 0 aromatic heterocycles. The van der Waals surface area contributed by atoms with Crippen molar-refractivity contribution in [2.24, 2.45) is 0 Å². The first-order valence-corrected chi connectivity index (χ1v) is 14.9. The van der Waals surface area contributed by atoms with Crippen molar-refractivity contribution in [3.63, 3.8) is 0 Å². The van der Waals surface area contributed by atoms with E-state index >= 15 is 0 Å². The van der Waals surface area contributed by atoms with Crippen LogP contribution in [-0.2, 0) is 20.0 Å². The summed E-state index contributed by atoms with van der Waals surface area (Å²) in [4.78, 5) is 12.9. The summed E-state index contributed by atoms with van der Waals surface area (Å²) >= 11 is 0. The van der Waals surface area contributed by atoms with Crippen molar-refractivity contribution >= 4 is 43.0 Å². The van der Waals surface area contributed by atoms with Crippen molar-refractivity contribution in [1.82, 2.24) is 0 Å². The van der Waals surface area contributed by atoms with E-state index in [1.165, 1.54) is 48.5 Å². The number of sulfonamides is 2. The number of benzene rings is 4. The lowest BCUT2D eigenvalue weighted by Crippen LogP contribution is -2.15. The number of anilines is 3. The van der Waals surface area contributed by atoms with E-state index in [1.807, 2.05) is 6.92 Å². The third-order valence-corrected chi connectivity index (χ3v) is 8.41. The van der Waals surface area contributed by atoms with E-state index in [1.54, 1.807) is 55.5 Å². The predicted octanol–water partition coefficient (Wildman–Crippen LogP) is 5.25. The highest BCUT2D eigenvalue weighted by Gasteiger charge is 2.17. The Morgan fingerprint density at radius 2 is 1.31 bits per heavy atom.